The number of nitrogens with one attached hydrogen (secondary N) is 1. The number of amides is 1. The van der Waals surface area contributed by atoms with Crippen molar-refractivity contribution in [2.45, 2.75) is 19.4 Å². The number of hydrogen-bond acceptors (Lipinski definition) is 3. The molecule has 1 unspecified atom stereocenters. The molecule has 0 saturated heterocycles. The summed E-state index contributed by atoms with van der Waals surface area (Å²) in [6.45, 7) is 2.08. The Morgan fingerprint density at radius 3 is 2.81 bits per heavy atom. The number of para-hydroxylation sites is 1. The number of carbonyl (C=O) groups excluding carboxylic acids is 1. The van der Waals surface area contributed by atoms with E-state index in [2.05, 4.69) is 28.2 Å². The molecule has 3 N–H and O–H groups in total. The Labute approximate surface area is 131 Å². The van der Waals surface area contributed by atoms with E-state index in [4.69, 9.17) is 10.5 Å². The van der Waals surface area contributed by atoms with Crippen LogP contribution in [0.25, 0.3) is 0 Å². The largest absolute Gasteiger partial charge is 0.456 e. The van der Waals surface area contributed by atoms with Crippen molar-refractivity contribution in [3.05, 3.63) is 52.0 Å². The van der Waals surface area contributed by atoms with E-state index >= 15 is 0 Å². The Morgan fingerprint density at radius 1 is 1.29 bits per heavy atom. The number of anilines is 1. The topological polar surface area (TPSA) is 64.3 Å². The highest BCUT2D eigenvalue weighted by molar-refractivity contribution is 9.10. The minimum atomic E-state index is -0.617. The van der Waals surface area contributed by atoms with Crippen LogP contribution < -0.4 is 15.8 Å². The minimum Gasteiger partial charge on any atom is -0.456 e. The highest BCUT2D eigenvalue weighted by atomic mass is 79.9. The molecule has 0 aliphatic carbocycles. The van der Waals surface area contributed by atoms with Crippen molar-refractivity contribution in [3.8, 4) is 11.5 Å². The van der Waals surface area contributed by atoms with Gasteiger partial charge >= 0.3 is 0 Å². The molecule has 108 valence electrons. The summed E-state index contributed by atoms with van der Waals surface area (Å²) in [7, 11) is 0. The van der Waals surface area contributed by atoms with Gasteiger partial charge in [-0.2, -0.15) is 0 Å². The molecule has 2 aromatic rings. The van der Waals surface area contributed by atoms with Crippen molar-refractivity contribution in [3.63, 3.8) is 0 Å². The summed E-state index contributed by atoms with van der Waals surface area (Å²) >= 11 is 3.48. The number of rotatable bonds is 3. The molecule has 0 spiro atoms. The Balaban J connectivity index is 1.98. The van der Waals surface area contributed by atoms with E-state index in [1.807, 2.05) is 30.3 Å². The van der Waals surface area contributed by atoms with Crippen LogP contribution in [0.15, 0.2) is 40.9 Å². The Hall–Kier alpha value is -1.85. The van der Waals surface area contributed by atoms with Crippen LogP contribution in [0, 0.1) is 0 Å². The summed E-state index contributed by atoms with van der Waals surface area (Å²) in [6.07, 6.45) is 0.889. The third-order valence-corrected chi connectivity index (χ3v) is 4.17. The number of halogens is 1. The van der Waals surface area contributed by atoms with Gasteiger partial charge < -0.3 is 15.8 Å². The van der Waals surface area contributed by atoms with Gasteiger partial charge in [-0.15, -0.1) is 0 Å². The van der Waals surface area contributed by atoms with E-state index in [0.717, 1.165) is 27.8 Å². The Kier molecular flexibility index (Phi) is 3.69. The second kappa shape index (κ2) is 5.50. The van der Waals surface area contributed by atoms with E-state index in [0.29, 0.717) is 11.4 Å². The van der Waals surface area contributed by atoms with Gasteiger partial charge in [-0.25, -0.2) is 0 Å². The lowest BCUT2D eigenvalue weighted by molar-refractivity contribution is -0.116. The summed E-state index contributed by atoms with van der Waals surface area (Å²) in [6, 6.07) is 10.9. The molecule has 0 aromatic heterocycles. The Morgan fingerprint density at radius 2 is 2.05 bits per heavy atom. The standard InChI is InChI=1S/C16H15BrN2O2/c1-2-9-5-3-4-6-13(9)21-14-8-12-10(7-11(14)17)15(18)16(20)19-12/h3-8,15H,2,18H2,1H3,(H,19,20). The van der Waals surface area contributed by atoms with E-state index in [1.54, 1.807) is 6.07 Å². The van der Waals surface area contributed by atoms with Crippen molar-refractivity contribution in [2.24, 2.45) is 5.73 Å². The fraction of sp³-hybridized carbons (Fsp3) is 0.188. The predicted octanol–water partition coefficient (Wildman–Crippen LogP) is 3.76. The zero-order chi connectivity index (χ0) is 15.0. The lowest BCUT2D eigenvalue weighted by atomic mass is 10.1. The normalized spacial score (nSPS) is 16.5. The molecule has 1 aliphatic rings. The van der Waals surface area contributed by atoms with Crippen LogP contribution in [0.1, 0.15) is 24.1 Å². The first-order valence-electron chi connectivity index (χ1n) is 6.75. The van der Waals surface area contributed by atoms with Crippen LogP contribution in [-0.4, -0.2) is 5.91 Å². The lowest BCUT2D eigenvalue weighted by Gasteiger charge is -2.13. The van der Waals surface area contributed by atoms with Gasteiger partial charge in [-0.1, -0.05) is 25.1 Å². The molecule has 0 saturated carbocycles. The fourth-order valence-electron chi connectivity index (χ4n) is 2.38. The maximum absolute atomic E-state index is 11.6. The number of nitrogens with two attached hydrogens (primary N) is 1. The molecule has 4 nitrogen and oxygen atoms in total. The summed E-state index contributed by atoms with van der Waals surface area (Å²) in [5, 5.41) is 2.76. The molecule has 5 heteroatoms. The quantitative estimate of drug-likeness (QED) is 0.889. The third-order valence-electron chi connectivity index (χ3n) is 3.55. The summed E-state index contributed by atoms with van der Waals surface area (Å²) in [5.74, 6) is 1.28. The molecule has 1 amide bonds. The predicted molar refractivity (Wildman–Crippen MR) is 85.6 cm³/mol. The highest BCUT2D eigenvalue weighted by Gasteiger charge is 2.28. The van der Waals surface area contributed by atoms with Gasteiger partial charge in [0.05, 0.1) is 4.47 Å². The van der Waals surface area contributed by atoms with Crippen LogP contribution >= 0.6 is 15.9 Å². The number of aryl methyl sites for hydroxylation is 1. The van der Waals surface area contributed by atoms with Gasteiger partial charge in [0.15, 0.2) is 0 Å². The molecule has 0 fully saturated rings. The maximum atomic E-state index is 11.6. The summed E-state index contributed by atoms with van der Waals surface area (Å²) in [5.41, 5.74) is 8.45. The van der Waals surface area contributed by atoms with Crippen molar-refractivity contribution < 1.29 is 9.53 Å². The first-order valence-corrected chi connectivity index (χ1v) is 7.55. The summed E-state index contributed by atoms with van der Waals surface area (Å²) in [4.78, 5) is 11.6. The number of fused-ring (bicyclic) bond motifs is 1. The zero-order valence-electron chi connectivity index (χ0n) is 11.5. The molecule has 1 aliphatic heterocycles. The van der Waals surface area contributed by atoms with Crippen LogP contribution in [-0.2, 0) is 11.2 Å². The van der Waals surface area contributed by atoms with Gasteiger partial charge in [0.1, 0.15) is 17.5 Å². The van der Waals surface area contributed by atoms with Gasteiger partial charge in [0, 0.05) is 17.3 Å². The number of ether oxygens (including phenoxy) is 1. The van der Waals surface area contributed by atoms with Gasteiger partial charge in [-0.3, -0.25) is 4.79 Å². The third kappa shape index (κ3) is 2.54. The van der Waals surface area contributed by atoms with Crippen LogP contribution in [0.3, 0.4) is 0 Å². The average molecular weight is 347 g/mol. The second-order valence-electron chi connectivity index (χ2n) is 4.90. The van der Waals surface area contributed by atoms with Crippen LogP contribution in [0.2, 0.25) is 0 Å². The first kappa shape index (κ1) is 14.1. The molecule has 2 aromatic carbocycles. The molecule has 3 rings (SSSR count). The van der Waals surface area contributed by atoms with E-state index < -0.39 is 6.04 Å². The van der Waals surface area contributed by atoms with Crippen molar-refractivity contribution in [1.29, 1.82) is 0 Å². The highest BCUT2D eigenvalue weighted by Crippen LogP contribution is 2.40. The minimum absolute atomic E-state index is 0.192. The maximum Gasteiger partial charge on any atom is 0.245 e. The molecular formula is C16H15BrN2O2. The first-order chi connectivity index (χ1) is 10.1. The van der Waals surface area contributed by atoms with Crippen LogP contribution in [0.4, 0.5) is 5.69 Å². The van der Waals surface area contributed by atoms with Gasteiger partial charge in [0.2, 0.25) is 5.91 Å². The smallest absolute Gasteiger partial charge is 0.245 e. The molecular weight excluding hydrogens is 332 g/mol. The number of benzene rings is 2. The SMILES string of the molecule is CCc1ccccc1Oc1cc2c(cc1Br)C(N)C(=O)N2. The van der Waals surface area contributed by atoms with Gasteiger partial charge in [0.25, 0.3) is 0 Å². The van der Waals surface area contributed by atoms with Crippen molar-refractivity contribution >= 4 is 27.5 Å². The summed E-state index contributed by atoms with van der Waals surface area (Å²) < 4.78 is 6.76. The second-order valence-corrected chi connectivity index (χ2v) is 5.75. The average Bonchev–Trinajstić information content (AvgIpc) is 2.75. The van der Waals surface area contributed by atoms with Crippen molar-refractivity contribution in [2.75, 3.05) is 5.32 Å². The fourth-order valence-corrected chi connectivity index (χ4v) is 2.82. The molecule has 0 radical (unpaired) electrons. The monoisotopic (exact) mass is 346 g/mol. The molecule has 21 heavy (non-hydrogen) atoms. The van der Waals surface area contributed by atoms with E-state index in [-0.39, 0.29) is 5.91 Å². The van der Waals surface area contributed by atoms with Gasteiger partial charge in [-0.05, 0) is 40.0 Å². The molecule has 1 heterocycles. The van der Waals surface area contributed by atoms with Crippen molar-refractivity contribution in [1.82, 2.24) is 0 Å². The molecule has 1 atom stereocenters. The lowest BCUT2D eigenvalue weighted by Crippen LogP contribution is -2.19. The van der Waals surface area contributed by atoms with E-state index in [1.165, 1.54) is 0 Å². The Bertz CT molecular complexity index is 715. The van der Waals surface area contributed by atoms with Crippen LogP contribution in [0.5, 0.6) is 11.5 Å². The zero-order valence-corrected chi connectivity index (χ0v) is 13.1. The molecule has 0 bridgehead atoms. The van der Waals surface area contributed by atoms with E-state index in [9.17, 15) is 4.79 Å². The number of hydrogen-bond donors (Lipinski definition) is 2. The number of carbonyl (C=O) groups is 1.